The lowest BCUT2D eigenvalue weighted by Crippen LogP contribution is -2.03. The fraction of sp³-hybridized carbons (Fsp3) is 0.0909. The van der Waals surface area contributed by atoms with Gasteiger partial charge in [-0.3, -0.25) is 0 Å². The van der Waals surface area contributed by atoms with Gasteiger partial charge >= 0.3 is 0 Å². The summed E-state index contributed by atoms with van der Waals surface area (Å²) in [6.07, 6.45) is 7.00. The smallest absolute Gasteiger partial charge is 0.172 e. The molecule has 0 aromatic heterocycles. The molecular weight excluding hydrogens is 180 g/mol. The maximum absolute atomic E-state index is 5.44. The molecule has 1 aromatic rings. The molecular formula is C11H8O3. The van der Waals surface area contributed by atoms with E-state index in [0.717, 1.165) is 17.1 Å². The highest BCUT2D eigenvalue weighted by atomic mass is 16.5. The topological polar surface area (TPSA) is 27.7 Å². The van der Waals surface area contributed by atoms with Gasteiger partial charge in [-0.25, -0.2) is 0 Å². The summed E-state index contributed by atoms with van der Waals surface area (Å²) in [5.74, 6) is 2.26. The van der Waals surface area contributed by atoms with Gasteiger partial charge < -0.3 is 14.2 Å². The molecule has 2 aliphatic heterocycles. The van der Waals surface area contributed by atoms with Crippen molar-refractivity contribution in [3.05, 3.63) is 36.3 Å². The second-order valence-electron chi connectivity index (χ2n) is 3.06. The molecule has 0 saturated carbocycles. The second kappa shape index (κ2) is 2.80. The molecule has 2 heterocycles. The van der Waals surface area contributed by atoms with Crippen LogP contribution in [0.4, 0.5) is 0 Å². The zero-order valence-electron chi connectivity index (χ0n) is 7.40. The molecule has 0 N–H and O–H groups in total. The summed E-state index contributed by atoms with van der Waals surface area (Å²) < 4.78 is 16.0. The minimum atomic E-state index is 0.614. The number of ether oxygens (including phenoxy) is 3. The first-order valence-corrected chi connectivity index (χ1v) is 4.39. The highest BCUT2D eigenvalue weighted by molar-refractivity contribution is 5.65. The monoisotopic (exact) mass is 188 g/mol. The van der Waals surface area contributed by atoms with Gasteiger partial charge in [-0.15, -0.1) is 0 Å². The van der Waals surface area contributed by atoms with Crippen molar-refractivity contribution >= 4 is 6.08 Å². The molecule has 0 unspecified atom stereocenters. The van der Waals surface area contributed by atoms with Crippen molar-refractivity contribution in [1.82, 2.24) is 0 Å². The van der Waals surface area contributed by atoms with Gasteiger partial charge in [0.1, 0.15) is 24.9 Å². The standard InChI is InChI=1S/C11H8O3/c1-2-8-6-10-11(14-5-4-13-10)7-9(8)12-3-1/h1-2,4-7H,3H2. The van der Waals surface area contributed by atoms with E-state index < -0.39 is 0 Å². The van der Waals surface area contributed by atoms with Gasteiger partial charge in [0.25, 0.3) is 0 Å². The van der Waals surface area contributed by atoms with Crippen LogP contribution in [0.1, 0.15) is 5.56 Å². The molecule has 0 bridgehead atoms. The third kappa shape index (κ3) is 1.06. The fourth-order valence-corrected chi connectivity index (χ4v) is 1.51. The van der Waals surface area contributed by atoms with Crippen LogP contribution in [-0.2, 0) is 0 Å². The van der Waals surface area contributed by atoms with Crippen LogP contribution in [-0.4, -0.2) is 6.61 Å². The van der Waals surface area contributed by atoms with Crippen molar-refractivity contribution in [1.29, 1.82) is 0 Å². The average Bonchev–Trinajstić information content (AvgIpc) is 2.26. The SMILES string of the molecule is C1=Cc2cc3c(cc2OC1)OC=CO3. The summed E-state index contributed by atoms with van der Waals surface area (Å²) in [6.45, 7) is 0.614. The zero-order valence-corrected chi connectivity index (χ0v) is 7.40. The minimum absolute atomic E-state index is 0.614. The highest BCUT2D eigenvalue weighted by Gasteiger charge is 2.14. The van der Waals surface area contributed by atoms with Crippen LogP contribution in [0.25, 0.3) is 6.08 Å². The maximum atomic E-state index is 5.44. The zero-order chi connectivity index (χ0) is 9.38. The van der Waals surface area contributed by atoms with Crippen LogP contribution in [0.5, 0.6) is 17.2 Å². The van der Waals surface area contributed by atoms with Gasteiger partial charge in [0.15, 0.2) is 11.5 Å². The van der Waals surface area contributed by atoms with Crippen LogP contribution in [0.15, 0.2) is 30.7 Å². The first-order valence-electron chi connectivity index (χ1n) is 4.39. The molecule has 0 atom stereocenters. The van der Waals surface area contributed by atoms with E-state index in [0.29, 0.717) is 12.4 Å². The first kappa shape index (κ1) is 7.50. The lowest BCUT2D eigenvalue weighted by molar-refractivity contribution is 0.340. The van der Waals surface area contributed by atoms with Crippen LogP contribution >= 0.6 is 0 Å². The Morgan fingerprint density at radius 1 is 0.929 bits per heavy atom. The van der Waals surface area contributed by atoms with Gasteiger partial charge in [-0.1, -0.05) is 6.08 Å². The quantitative estimate of drug-likeness (QED) is 0.625. The van der Waals surface area contributed by atoms with Crippen molar-refractivity contribution in [3.63, 3.8) is 0 Å². The molecule has 0 spiro atoms. The molecule has 70 valence electrons. The molecule has 3 rings (SSSR count). The Kier molecular flexibility index (Phi) is 1.50. The van der Waals surface area contributed by atoms with E-state index in [2.05, 4.69) is 0 Å². The van der Waals surface area contributed by atoms with Crippen molar-refractivity contribution in [2.24, 2.45) is 0 Å². The fourth-order valence-electron chi connectivity index (χ4n) is 1.51. The van der Waals surface area contributed by atoms with Crippen molar-refractivity contribution in [2.45, 2.75) is 0 Å². The highest BCUT2D eigenvalue weighted by Crippen LogP contribution is 2.38. The van der Waals surface area contributed by atoms with Gasteiger partial charge in [0, 0.05) is 11.6 Å². The Morgan fingerprint density at radius 2 is 1.71 bits per heavy atom. The largest absolute Gasteiger partial charge is 0.489 e. The second-order valence-corrected chi connectivity index (χ2v) is 3.06. The lowest BCUT2D eigenvalue weighted by Gasteiger charge is -2.17. The predicted molar refractivity (Wildman–Crippen MR) is 51.4 cm³/mol. The Morgan fingerprint density at radius 3 is 2.57 bits per heavy atom. The molecule has 0 radical (unpaired) electrons. The lowest BCUT2D eigenvalue weighted by atomic mass is 10.1. The Hall–Kier alpha value is -1.90. The molecule has 2 aliphatic rings. The summed E-state index contributed by atoms with van der Waals surface area (Å²) in [6, 6.07) is 3.75. The summed E-state index contributed by atoms with van der Waals surface area (Å²) in [7, 11) is 0. The molecule has 0 aliphatic carbocycles. The Balaban J connectivity index is 2.14. The number of fused-ring (bicyclic) bond motifs is 2. The molecule has 1 aromatic carbocycles. The molecule has 14 heavy (non-hydrogen) atoms. The summed E-state index contributed by atoms with van der Waals surface area (Å²) >= 11 is 0. The Bertz CT molecular complexity index is 432. The minimum Gasteiger partial charge on any atom is -0.489 e. The number of benzene rings is 1. The molecule has 3 heteroatoms. The van der Waals surface area contributed by atoms with Crippen molar-refractivity contribution < 1.29 is 14.2 Å². The van der Waals surface area contributed by atoms with E-state index in [-0.39, 0.29) is 0 Å². The van der Waals surface area contributed by atoms with Gasteiger partial charge in [-0.05, 0) is 12.1 Å². The van der Waals surface area contributed by atoms with E-state index in [1.54, 1.807) is 0 Å². The molecule has 0 amide bonds. The van der Waals surface area contributed by atoms with E-state index >= 15 is 0 Å². The normalized spacial score (nSPS) is 16.0. The average molecular weight is 188 g/mol. The van der Waals surface area contributed by atoms with Gasteiger partial charge in [0.2, 0.25) is 0 Å². The van der Waals surface area contributed by atoms with Crippen LogP contribution < -0.4 is 14.2 Å². The third-order valence-electron chi connectivity index (χ3n) is 2.15. The van der Waals surface area contributed by atoms with Gasteiger partial charge in [-0.2, -0.15) is 0 Å². The van der Waals surface area contributed by atoms with E-state index in [9.17, 15) is 0 Å². The molecule has 3 nitrogen and oxygen atoms in total. The maximum Gasteiger partial charge on any atom is 0.172 e. The number of hydrogen-bond acceptors (Lipinski definition) is 3. The summed E-state index contributed by atoms with van der Waals surface area (Å²) in [5, 5.41) is 0. The van der Waals surface area contributed by atoms with Crippen molar-refractivity contribution in [2.75, 3.05) is 6.61 Å². The van der Waals surface area contributed by atoms with Gasteiger partial charge in [0.05, 0.1) is 0 Å². The van der Waals surface area contributed by atoms with E-state index in [1.807, 2.05) is 24.3 Å². The number of hydrogen-bond donors (Lipinski definition) is 0. The molecule has 0 saturated heterocycles. The Labute approximate surface area is 81.2 Å². The van der Waals surface area contributed by atoms with Crippen LogP contribution in [0, 0.1) is 0 Å². The van der Waals surface area contributed by atoms with E-state index in [4.69, 9.17) is 14.2 Å². The number of rotatable bonds is 0. The van der Waals surface area contributed by atoms with Crippen LogP contribution in [0.2, 0.25) is 0 Å². The molecule has 0 fully saturated rings. The first-order chi connectivity index (χ1) is 6.93. The van der Waals surface area contributed by atoms with Crippen LogP contribution in [0.3, 0.4) is 0 Å². The summed E-state index contributed by atoms with van der Waals surface area (Å²) in [5.41, 5.74) is 1.02. The predicted octanol–water partition coefficient (Wildman–Crippen LogP) is 2.33. The van der Waals surface area contributed by atoms with Crippen molar-refractivity contribution in [3.8, 4) is 17.2 Å². The third-order valence-corrected chi connectivity index (χ3v) is 2.15. The summed E-state index contributed by atoms with van der Waals surface area (Å²) in [4.78, 5) is 0. The van der Waals surface area contributed by atoms with E-state index in [1.165, 1.54) is 12.5 Å².